The molecule has 130 valence electrons. The fraction of sp³-hybridized carbons (Fsp3) is 0.300. The lowest BCUT2D eigenvalue weighted by molar-refractivity contribution is 0.0657. The van der Waals surface area contributed by atoms with E-state index in [2.05, 4.69) is 0 Å². The van der Waals surface area contributed by atoms with Gasteiger partial charge in [-0.3, -0.25) is 4.79 Å². The molecule has 1 amide bonds. The molecule has 1 heterocycles. The van der Waals surface area contributed by atoms with Gasteiger partial charge in [-0.1, -0.05) is 18.2 Å². The first kappa shape index (κ1) is 17.0. The summed E-state index contributed by atoms with van der Waals surface area (Å²) in [4.78, 5) is 25.2. The van der Waals surface area contributed by atoms with E-state index in [4.69, 9.17) is 9.84 Å². The third kappa shape index (κ3) is 4.38. The zero-order chi connectivity index (χ0) is 17.6. The highest BCUT2D eigenvalue weighted by Crippen LogP contribution is 2.21. The highest BCUT2D eigenvalue weighted by Gasteiger charge is 2.24. The third-order valence-corrected chi connectivity index (χ3v) is 4.51. The topological polar surface area (TPSA) is 66.8 Å². The molecule has 3 rings (SSSR count). The molecule has 5 nitrogen and oxygen atoms in total. The van der Waals surface area contributed by atoms with Crippen molar-refractivity contribution in [3.05, 3.63) is 65.7 Å². The quantitative estimate of drug-likeness (QED) is 0.907. The van der Waals surface area contributed by atoms with Crippen molar-refractivity contribution in [2.45, 2.75) is 12.8 Å². The van der Waals surface area contributed by atoms with Gasteiger partial charge in [0.05, 0.1) is 12.2 Å². The number of amides is 1. The van der Waals surface area contributed by atoms with Crippen molar-refractivity contribution < 1.29 is 19.4 Å². The molecule has 0 saturated carbocycles. The number of piperidine rings is 1. The van der Waals surface area contributed by atoms with Crippen LogP contribution in [-0.2, 0) is 0 Å². The lowest BCUT2D eigenvalue weighted by Crippen LogP contribution is -2.39. The number of hydrogen-bond acceptors (Lipinski definition) is 3. The fourth-order valence-electron chi connectivity index (χ4n) is 2.97. The van der Waals surface area contributed by atoms with E-state index < -0.39 is 5.97 Å². The van der Waals surface area contributed by atoms with Crippen molar-refractivity contribution in [2.24, 2.45) is 5.92 Å². The van der Waals surface area contributed by atoms with Gasteiger partial charge in [0.1, 0.15) is 5.75 Å². The molecule has 0 spiro atoms. The van der Waals surface area contributed by atoms with Crippen molar-refractivity contribution in [1.29, 1.82) is 0 Å². The van der Waals surface area contributed by atoms with Crippen LogP contribution >= 0.6 is 0 Å². The summed E-state index contributed by atoms with van der Waals surface area (Å²) in [6, 6.07) is 15.8. The molecule has 2 aromatic rings. The molecule has 1 saturated heterocycles. The van der Waals surface area contributed by atoms with E-state index in [9.17, 15) is 9.59 Å². The van der Waals surface area contributed by atoms with E-state index >= 15 is 0 Å². The van der Waals surface area contributed by atoms with Gasteiger partial charge in [-0.25, -0.2) is 4.79 Å². The largest absolute Gasteiger partial charge is 0.493 e. The minimum atomic E-state index is -0.988. The number of carbonyl (C=O) groups excluding carboxylic acids is 1. The molecular formula is C20H21NO4. The second-order valence-electron chi connectivity index (χ2n) is 6.24. The summed E-state index contributed by atoms with van der Waals surface area (Å²) in [5.74, 6) is 0.288. The van der Waals surface area contributed by atoms with Gasteiger partial charge >= 0.3 is 5.97 Å². The molecule has 1 fully saturated rings. The monoisotopic (exact) mass is 339 g/mol. The highest BCUT2D eigenvalue weighted by molar-refractivity contribution is 5.95. The van der Waals surface area contributed by atoms with Gasteiger partial charge in [0.15, 0.2) is 0 Å². The van der Waals surface area contributed by atoms with Crippen LogP contribution in [0.2, 0.25) is 0 Å². The standard InChI is InChI=1S/C20H21NO4/c22-19(16-6-8-17(9-7-16)20(23)24)21-12-10-15(11-13-21)14-25-18-4-2-1-3-5-18/h1-9,15H,10-14H2,(H,23,24). The zero-order valence-corrected chi connectivity index (χ0v) is 13.9. The van der Waals surface area contributed by atoms with Crippen LogP contribution in [-0.4, -0.2) is 41.6 Å². The summed E-state index contributed by atoms with van der Waals surface area (Å²) in [6.07, 6.45) is 1.82. The number of likely N-dealkylation sites (tertiary alicyclic amines) is 1. The van der Waals surface area contributed by atoms with Crippen LogP contribution in [0.25, 0.3) is 0 Å². The highest BCUT2D eigenvalue weighted by atomic mass is 16.5. The number of nitrogens with zero attached hydrogens (tertiary/aromatic N) is 1. The Morgan fingerprint density at radius 2 is 1.56 bits per heavy atom. The number of carboxylic acids is 1. The van der Waals surface area contributed by atoms with Crippen molar-refractivity contribution in [3.8, 4) is 5.75 Å². The Morgan fingerprint density at radius 3 is 2.16 bits per heavy atom. The minimum absolute atomic E-state index is 0.0423. The molecule has 0 atom stereocenters. The number of benzene rings is 2. The Hall–Kier alpha value is -2.82. The maximum atomic E-state index is 12.5. The minimum Gasteiger partial charge on any atom is -0.493 e. The predicted molar refractivity (Wildman–Crippen MR) is 94.0 cm³/mol. The van der Waals surface area contributed by atoms with Crippen LogP contribution in [0.1, 0.15) is 33.6 Å². The molecule has 0 radical (unpaired) electrons. The first-order chi connectivity index (χ1) is 12.1. The Morgan fingerprint density at radius 1 is 0.960 bits per heavy atom. The molecule has 2 aromatic carbocycles. The number of hydrogen-bond donors (Lipinski definition) is 1. The second-order valence-corrected chi connectivity index (χ2v) is 6.24. The lowest BCUT2D eigenvalue weighted by Gasteiger charge is -2.32. The molecule has 0 aliphatic carbocycles. The smallest absolute Gasteiger partial charge is 0.335 e. The van der Waals surface area contributed by atoms with Crippen LogP contribution in [0.5, 0.6) is 5.75 Å². The summed E-state index contributed by atoms with van der Waals surface area (Å²) in [5, 5.41) is 8.92. The first-order valence-electron chi connectivity index (χ1n) is 8.44. The van der Waals surface area contributed by atoms with Gasteiger partial charge < -0.3 is 14.7 Å². The van der Waals surface area contributed by atoms with Crippen LogP contribution in [0.4, 0.5) is 0 Å². The van der Waals surface area contributed by atoms with Crippen molar-refractivity contribution in [1.82, 2.24) is 4.90 Å². The molecule has 0 unspecified atom stereocenters. The van der Waals surface area contributed by atoms with E-state index in [-0.39, 0.29) is 11.5 Å². The van der Waals surface area contributed by atoms with Gasteiger partial charge in [0, 0.05) is 18.7 Å². The van der Waals surface area contributed by atoms with Gasteiger partial charge in [-0.2, -0.15) is 0 Å². The summed E-state index contributed by atoms with van der Waals surface area (Å²) < 4.78 is 5.80. The molecule has 1 N–H and O–H groups in total. The maximum Gasteiger partial charge on any atom is 0.335 e. The van der Waals surface area contributed by atoms with E-state index in [0.717, 1.165) is 18.6 Å². The van der Waals surface area contributed by atoms with Crippen molar-refractivity contribution in [2.75, 3.05) is 19.7 Å². The Balaban J connectivity index is 1.49. The first-order valence-corrected chi connectivity index (χ1v) is 8.44. The van der Waals surface area contributed by atoms with E-state index in [1.54, 1.807) is 12.1 Å². The summed E-state index contributed by atoms with van der Waals surface area (Å²) in [6.45, 7) is 2.06. The number of carboxylic acid groups (broad SMARTS) is 1. The van der Waals surface area contributed by atoms with Crippen LogP contribution in [0.15, 0.2) is 54.6 Å². The van der Waals surface area contributed by atoms with Gasteiger partial charge in [-0.05, 0) is 55.2 Å². The number of ether oxygens (including phenoxy) is 1. The van der Waals surface area contributed by atoms with E-state index in [0.29, 0.717) is 31.2 Å². The SMILES string of the molecule is O=C(O)c1ccc(C(=O)N2CCC(COc3ccccc3)CC2)cc1. The van der Waals surface area contributed by atoms with Gasteiger partial charge in [0.2, 0.25) is 0 Å². The second kappa shape index (κ2) is 7.83. The fourth-order valence-corrected chi connectivity index (χ4v) is 2.97. The predicted octanol–water partition coefficient (Wildman–Crippen LogP) is 3.32. The Kier molecular flexibility index (Phi) is 5.33. The molecule has 25 heavy (non-hydrogen) atoms. The van der Waals surface area contributed by atoms with Gasteiger partial charge in [-0.15, -0.1) is 0 Å². The van der Waals surface area contributed by atoms with E-state index in [1.807, 2.05) is 35.2 Å². The average molecular weight is 339 g/mol. The third-order valence-electron chi connectivity index (χ3n) is 4.51. The lowest BCUT2D eigenvalue weighted by atomic mass is 9.97. The van der Waals surface area contributed by atoms with Gasteiger partial charge in [0.25, 0.3) is 5.91 Å². The van der Waals surface area contributed by atoms with Crippen molar-refractivity contribution >= 4 is 11.9 Å². The molecular weight excluding hydrogens is 318 g/mol. The normalized spacial score (nSPS) is 15.0. The number of carbonyl (C=O) groups is 2. The van der Waals surface area contributed by atoms with Crippen LogP contribution in [0, 0.1) is 5.92 Å². The number of rotatable bonds is 5. The number of para-hydroxylation sites is 1. The van der Waals surface area contributed by atoms with E-state index in [1.165, 1.54) is 12.1 Å². The van der Waals surface area contributed by atoms with Crippen LogP contribution < -0.4 is 4.74 Å². The Labute approximate surface area is 146 Å². The molecule has 1 aliphatic heterocycles. The zero-order valence-electron chi connectivity index (χ0n) is 13.9. The summed E-state index contributed by atoms with van der Waals surface area (Å²) in [7, 11) is 0. The van der Waals surface area contributed by atoms with Crippen molar-refractivity contribution in [3.63, 3.8) is 0 Å². The summed E-state index contributed by atoms with van der Waals surface area (Å²) in [5.41, 5.74) is 0.720. The Bertz CT molecular complexity index is 719. The molecule has 0 aromatic heterocycles. The average Bonchev–Trinajstić information content (AvgIpc) is 2.67. The number of aromatic carboxylic acids is 1. The summed E-state index contributed by atoms with van der Waals surface area (Å²) >= 11 is 0. The molecule has 0 bridgehead atoms. The molecule has 1 aliphatic rings. The maximum absolute atomic E-state index is 12.5. The molecule has 5 heteroatoms. The van der Waals surface area contributed by atoms with Crippen LogP contribution in [0.3, 0.4) is 0 Å².